The average molecular weight is 356 g/mol. The number of guanidine groups is 1. The topological polar surface area (TPSA) is 65.4 Å². The van der Waals surface area contributed by atoms with E-state index in [0.717, 1.165) is 31.3 Å². The number of halogens is 3. The molecule has 0 atom stereocenters. The maximum atomic E-state index is 12.6. The fourth-order valence-corrected chi connectivity index (χ4v) is 3.48. The van der Waals surface area contributed by atoms with E-state index in [0.29, 0.717) is 18.5 Å². The van der Waals surface area contributed by atoms with Gasteiger partial charge in [-0.1, -0.05) is 6.42 Å². The molecule has 1 saturated heterocycles. The summed E-state index contributed by atoms with van der Waals surface area (Å²) >= 11 is 0. The van der Waals surface area contributed by atoms with Crippen LogP contribution >= 0.6 is 0 Å². The van der Waals surface area contributed by atoms with Crippen LogP contribution in [0.4, 0.5) is 19.1 Å². The molecule has 0 aromatic carbocycles. The van der Waals surface area contributed by atoms with Crippen molar-refractivity contribution in [1.82, 2.24) is 20.2 Å². The van der Waals surface area contributed by atoms with E-state index in [-0.39, 0.29) is 5.95 Å². The Labute approximate surface area is 144 Å². The first kappa shape index (κ1) is 17.8. The molecule has 2 aliphatic rings. The number of nitrogens with one attached hydrogen (secondary N) is 2. The second-order valence-corrected chi connectivity index (χ2v) is 6.69. The standard InChI is InChI=1S/C16H23F3N6/c1-20-14(25-10-6-15(11-25)4-2-5-15)23-9-8-22-13-21-7-3-12(24-13)16(17,18)19/h3,7H,2,4-6,8-11H2,1H3,(H,20,23)(H,21,22,24). The van der Waals surface area contributed by atoms with Gasteiger partial charge in [0.1, 0.15) is 5.69 Å². The SMILES string of the molecule is CN=C(NCCNc1nccc(C(F)(F)F)n1)N1CCC2(CCC2)C1. The van der Waals surface area contributed by atoms with Crippen LogP contribution in [0.5, 0.6) is 0 Å². The van der Waals surface area contributed by atoms with Crippen LogP contribution in [-0.2, 0) is 6.18 Å². The first-order valence-corrected chi connectivity index (χ1v) is 8.52. The van der Waals surface area contributed by atoms with Crippen molar-refractivity contribution in [2.24, 2.45) is 10.4 Å². The number of nitrogens with zero attached hydrogens (tertiary/aromatic N) is 4. The van der Waals surface area contributed by atoms with Gasteiger partial charge in [-0.2, -0.15) is 13.2 Å². The molecule has 2 heterocycles. The zero-order valence-corrected chi connectivity index (χ0v) is 14.2. The summed E-state index contributed by atoms with van der Waals surface area (Å²) in [5.74, 6) is 0.816. The lowest BCUT2D eigenvalue weighted by molar-refractivity contribution is -0.141. The number of likely N-dealkylation sites (tertiary alicyclic amines) is 1. The minimum absolute atomic E-state index is 0.0267. The second-order valence-electron chi connectivity index (χ2n) is 6.69. The Balaban J connectivity index is 1.45. The monoisotopic (exact) mass is 356 g/mol. The van der Waals surface area contributed by atoms with Gasteiger partial charge in [0.05, 0.1) is 0 Å². The summed E-state index contributed by atoms with van der Waals surface area (Å²) in [6.07, 6.45) is 1.77. The van der Waals surface area contributed by atoms with Crippen LogP contribution in [0.1, 0.15) is 31.4 Å². The molecule has 0 radical (unpaired) electrons. The van der Waals surface area contributed by atoms with Gasteiger partial charge < -0.3 is 15.5 Å². The highest BCUT2D eigenvalue weighted by molar-refractivity contribution is 5.80. The highest BCUT2D eigenvalue weighted by atomic mass is 19.4. The summed E-state index contributed by atoms with van der Waals surface area (Å²) in [5, 5.41) is 6.06. The van der Waals surface area contributed by atoms with Gasteiger partial charge >= 0.3 is 6.18 Å². The van der Waals surface area contributed by atoms with Gasteiger partial charge in [-0.15, -0.1) is 0 Å². The average Bonchev–Trinajstić information content (AvgIpc) is 3.00. The number of aliphatic imine (C=N–C) groups is 1. The molecule has 0 unspecified atom stereocenters. The Morgan fingerprint density at radius 1 is 1.32 bits per heavy atom. The molecular formula is C16H23F3N6. The van der Waals surface area contributed by atoms with Gasteiger partial charge in [0, 0.05) is 39.4 Å². The van der Waals surface area contributed by atoms with E-state index in [9.17, 15) is 13.2 Å². The summed E-state index contributed by atoms with van der Waals surface area (Å²) in [5.41, 5.74) is -0.460. The molecule has 1 aliphatic heterocycles. The molecule has 25 heavy (non-hydrogen) atoms. The summed E-state index contributed by atoms with van der Waals surface area (Å²) in [6, 6.07) is 0.856. The van der Waals surface area contributed by atoms with E-state index in [1.54, 1.807) is 7.05 Å². The number of rotatable bonds is 4. The van der Waals surface area contributed by atoms with Crippen LogP contribution in [0.15, 0.2) is 17.3 Å². The third kappa shape index (κ3) is 4.13. The number of anilines is 1. The van der Waals surface area contributed by atoms with E-state index in [1.165, 1.54) is 25.7 Å². The van der Waals surface area contributed by atoms with Gasteiger partial charge in [-0.3, -0.25) is 4.99 Å². The molecule has 1 saturated carbocycles. The molecule has 1 aromatic rings. The zero-order chi connectivity index (χ0) is 17.9. The van der Waals surface area contributed by atoms with E-state index in [4.69, 9.17) is 0 Å². The normalized spacial score (nSPS) is 19.8. The minimum Gasteiger partial charge on any atom is -0.354 e. The van der Waals surface area contributed by atoms with Crippen molar-refractivity contribution in [1.29, 1.82) is 0 Å². The lowest BCUT2D eigenvalue weighted by Crippen LogP contribution is -2.43. The molecule has 1 aromatic heterocycles. The Bertz CT molecular complexity index is 627. The molecule has 2 N–H and O–H groups in total. The summed E-state index contributed by atoms with van der Waals surface area (Å²) in [7, 11) is 1.75. The molecule has 6 nitrogen and oxygen atoms in total. The molecule has 2 fully saturated rings. The third-order valence-electron chi connectivity index (χ3n) is 5.00. The van der Waals surface area contributed by atoms with Crippen molar-refractivity contribution >= 4 is 11.9 Å². The van der Waals surface area contributed by atoms with Gasteiger partial charge in [-0.25, -0.2) is 9.97 Å². The first-order chi connectivity index (χ1) is 11.9. The summed E-state index contributed by atoms with van der Waals surface area (Å²) in [6.45, 7) is 2.97. The molecular weight excluding hydrogens is 333 g/mol. The molecule has 9 heteroatoms. The number of alkyl halides is 3. The molecule has 3 rings (SSSR count). The van der Waals surface area contributed by atoms with E-state index < -0.39 is 11.9 Å². The molecule has 0 bridgehead atoms. The van der Waals surface area contributed by atoms with Crippen LogP contribution in [0.2, 0.25) is 0 Å². The maximum Gasteiger partial charge on any atom is 0.433 e. The summed E-state index contributed by atoms with van der Waals surface area (Å²) in [4.78, 5) is 13.9. The second kappa shape index (κ2) is 7.05. The number of hydrogen-bond acceptors (Lipinski definition) is 4. The van der Waals surface area contributed by atoms with Crippen molar-refractivity contribution in [3.05, 3.63) is 18.0 Å². The molecule has 1 spiro atoms. The Morgan fingerprint density at radius 3 is 2.72 bits per heavy atom. The van der Waals surface area contributed by atoms with E-state index in [2.05, 4.69) is 30.5 Å². The van der Waals surface area contributed by atoms with Crippen LogP contribution in [0, 0.1) is 5.41 Å². The smallest absolute Gasteiger partial charge is 0.354 e. The fraction of sp³-hybridized carbons (Fsp3) is 0.688. The Morgan fingerprint density at radius 2 is 2.12 bits per heavy atom. The van der Waals surface area contributed by atoms with Crippen molar-refractivity contribution in [3.63, 3.8) is 0 Å². The van der Waals surface area contributed by atoms with Crippen LogP contribution in [0.3, 0.4) is 0 Å². The predicted octanol–water partition coefficient (Wildman–Crippen LogP) is 2.36. The van der Waals surface area contributed by atoms with E-state index >= 15 is 0 Å². The van der Waals surface area contributed by atoms with Gasteiger partial charge in [0.15, 0.2) is 5.96 Å². The van der Waals surface area contributed by atoms with Crippen molar-refractivity contribution in [3.8, 4) is 0 Å². The van der Waals surface area contributed by atoms with Crippen molar-refractivity contribution < 1.29 is 13.2 Å². The highest BCUT2D eigenvalue weighted by Crippen LogP contribution is 2.47. The fourth-order valence-electron chi connectivity index (χ4n) is 3.48. The maximum absolute atomic E-state index is 12.6. The van der Waals surface area contributed by atoms with Gasteiger partial charge in [0.2, 0.25) is 5.95 Å². The zero-order valence-electron chi connectivity index (χ0n) is 14.2. The summed E-state index contributed by atoms with van der Waals surface area (Å²) < 4.78 is 37.9. The quantitative estimate of drug-likeness (QED) is 0.493. The third-order valence-corrected chi connectivity index (χ3v) is 5.00. The van der Waals surface area contributed by atoms with Crippen LogP contribution in [-0.4, -0.2) is 54.1 Å². The van der Waals surface area contributed by atoms with Crippen LogP contribution < -0.4 is 10.6 Å². The lowest BCUT2D eigenvalue weighted by Gasteiger charge is -2.38. The molecule has 1 aliphatic carbocycles. The first-order valence-electron chi connectivity index (χ1n) is 8.52. The highest BCUT2D eigenvalue weighted by Gasteiger charge is 2.43. The molecule has 138 valence electrons. The van der Waals surface area contributed by atoms with E-state index in [1.807, 2.05) is 0 Å². The Hall–Kier alpha value is -2.06. The predicted molar refractivity (Wildman–Crippen MR) is 89.4 cm³/mol. The lowest BCUT2D eigenvalue weighted by atomic mass is 9.68. The minimum atomic E-state index is -4.47. The van der Waals surface area contributed by atoms with Crippen molar-refractivity contribution in [2.45, 2.75) is 31.9 Å². The van der Waals surface area contributed by atoms with Gasteiger partial charge in [0.25, 0.3) is 0 Å². The number of hydrogen-bond donors (Lipinski definition) is 2. The van der Waals surface area contributed by atoms with Gasteiger partial charge in [-0.05, 0) is 30.7 Å². The van der Waals surface area contributed by atoms with Crippen LogP contribution in [0.25, 0.3) is 0 Å². The number of aromatic nitrogens is 2. The molecule has 0 amide bonds. The largest absolute Gasteiger partial charge is 0.433 e. The Kier molecular flexibility index (Phi) is 5.01. The van der Waals surface area contributed by atoms with Crippen molar-refractivity contribution in [2.75, 3.05) is 38.5 Å².